The van der Waals surface area contributed by atoms with E-state index in [1.54, 1.807) is 13.2 Å². The number of cyclic esters (lactones) is 1. The molecule has 0 N–H and O–H groups in total. The van der Waals surface area contributed by atoms with E-state index in [0.29, 0.717) is 17.3 Å². The Bertz CT molecular complexity index is 855. The van der Waals surface area contributed by atoms with Crippen LogP contribution >= 0.6 is 0 Å². The molecule has 128 valence electrons. The van der Waals surface area contributed by atoms with Crippen molar-refractivity contribution in [2.75, 3.05) is 7.11 Å². The van der Waals surface area contributed by atoms with E-state index >= 15 is 0 Å². The van der Waals surface area contributed by atoms with Crippen LogP contribution in [0.2, 0.25) is 0 Å². The maximum atomic E-state index is 12.2. The zero-order valence-corrected chi connectivity index (χ0v) is 15.0. The van der Waals surface area contributed by atoms with Crippen molar-refractivity contribution in [1.82, 2.24) is 0 Å². The van der Waals surface area contributed by atoms with Crippen LogP contribution in [0.1, 0.15) is 42.0 Å². The van der Waals surface area contributed by atoms with Crippen molar-refractivity contribution >= 4 is 17.8 Å². The van der Waals surface area contributed by atoms with Crippen LogP contribution in [0, 0.1) is 6.92 Å². The smallest absolute Gasteiger partial charge is 0.343 e. The molecule has 0 bridgehead atoms. The summed E-state index contributed by atoms with van der Waals surface area (Å²) in [4.78, 5) is 12.2. The van der Waals surface area contributed by atoms with Gasteiger partial charge < -0.3 is 9.47 Å². The molecule has 0 fully saturated rings. The van der Waals surface area contributed by atoms with E-state index in [9.17, 15) is 4.79 Å². The predicted molar refractivity (Wildman–Crippen MR) is 100 cm³/mol. The number of hydrogen-bond acceptors (Lipinski definition) is 3. The summed E-state index contributed by atoms with van der Waals surface area (Å²) in [6.45, 7) is 6.29. The second-order valence-electron chi connectivity index (χ2n) is 6.50. The zero-order chi connectivity index (χ0) is 18.0. The third kappa shape index (κ3) is 3.66. The average Bonchev–Trinajstić information content (AvgIpc) is 2.97. The highest BCUT2D eigenvalue weighted by atomic mass is 16.5. The molecule has 0 amide bonds. The molecule has 2 aromatic rings. The van der Waals surface area contributed by atoms with Gasteiger partial charge >= 0.3 is 5.97 Å². The molecule has 3 heteroatoms. The number of carbonyl (C=O) groups is 1. The normalized spacial score (nSPS) is 15.5. The minimum atomic E-state index is -0.331. The lowest BCUT2D eigenvalue weighted by molar-refractivity contribution is -0.130. The summed E-state index contributed by atoms with van der Waals surface area (Å²) in [7, 11) is 1.64. The van der Waals surface area contributed by atoms with Gasteiger partial charge in [-0.25, -0.2) is 4.79 Å². The second-order valence-corrected chi connectivity index (χ2v) is 6.50. The molecule has 2 aromatic carbocycles. The van der Waals surface area contributed by atoms with Gasteiger partial charge in [-0.2, -0.15) is 0 Å². The Balaban J connectivity index is 1.89. The fourth-order valence-electron chi connectivity index (χ4n) is 2.77. The number of aryl methyl sites for hydroxylation is 1. The first-order valence-corrected chi connectivity index (χ1v) is 8.38. The molecular weight excluding hydrogens is 312 g/mol. The van der Waals surface area contributed by atoms with Crippen molar-refractivity contribution in [3.63, 3.8) is 0 Å². The third-order valence-electron chi connectivity index (χ3n) is 4.34. The highest BCUT2D eigenvalue weighted by Crippen LogP contribution is 2.29. The van der Waals surface area contributed by atoms with Gasteiger partial charge in [0.25, 0.3) is 0 Å². The van der Waals surface area contributed by atoms with E-state index < -0.39 is 0 Å². The van der Waals surface area contributed by atoms with Crippen molar-refractivity contribution in [2.24, 2.45) is 0 Å². The molecule has 0 aliphatic carbocycles. The Hall–Kier alpha value is -2.81. The topological polar surface area (TPSA) is 35.5 Å². The number of benzene rings is 2. The summed E-state index contributed by atoms with van der Waals surface area (Å²) < 4.78 is 10.8. The van der Waals surface area contributed by atoms with Crippen LogP contribution in [0.4, 0.5) is 0 Å². The van der Waals surface area contributed by atoms with Crippen molar-refractivity contribution in [2.45, 2.75) is 26.7 Å². The first kappa shape index (κ1) is 17.0. The van der Waals surface area contributed by atoms with Crippen molar-refractivity contribution in [3.05, 3.63) is 76.4 Å². The minimum Gasteiger partial charge on any atom is -0.496 e. The van der Waals surface area contributed by atoms with Crippen LogP contribution in [0.25, 0.3) is 11.8 Å². The lowest BCUT2D eigenvalue weighted by Gasteiger charge is -2.06. The largest absolute Gasteiger partial charge is 0.496 e. The van der Waals surface area contributed by atoms with Gasteiger partial charge in [0.15, 0.2) is 0 Å². The first-order chi connectivity index (χ1) is 12.0. The van der Waals surface area contributed by atoms with Gasteiger partial charge in [0.1, 0.15) is 11.5 Å². The molecule has 0 saturated heterocycles. The lowest BCUT2D eigenvalue weighted by atomic mass is 10.0. The van der Waals surface area contributed by atoms with Crippen molar-refractivity contribution < 1.29 is 14.3 Å². The van der Waals surface area contributed by atoms with E-state index in [0.717, 1.165) is 22.4 Å². The van der Waals surface area contributed by atoms with Crippen LogP contribution < -0.4 is 4.74 Å². The Morgan fingerprint density at radius 3 is 2.44 bits per heavy atom. The van der Waals surface area contributed by atoms with Gasteiger partial charge in [-0.05, 0) is 47.8 Å². The number of esters is 1. The molecule has 1 aliphatic heterocycles. The summed E-state index contributed by atoms with van der Waals surface area (Å²) in [5, 5.41) is 0. The molecule has 1 aliphatic rings. The van der Waals surface area contributed by atoms with Crippen LogP contribution in [-0.4, -0.2) is 13.1 Å². The Morgan fingerprint density at radius 2 is 1.80 bits per heavy atom. The first-order valence-electron chi connectivity index (χ1n) is 8.38. The summed E-state index contributed by atoms with van der Waals surface area (Å²) in [5.41, 5.74) is 4.66. The fourth-order valence-corrected chi connectivity index (χ4v) is 2.77. The molecule has 0 radical (unpaired) electrons. The maximum absolute atomic E-state index is 12.2. The van der Waals surface area contributed by atoms with Gasteiger partial charge in [-0.1, -0.05) is 50.2 Å². The highest BCUT2D eigenvalue weighted by molar-refractivity contribution is 6.05. The van der Waals surface area contributed by atoms with Gasteiger partial charge in [-0.3, -0.25) is 0 Å². The highest BCUT2D eigenvalue weighted by Gasteiger charge is 2.22. The molecule has 25 heavy (non-hydrogen) atoms. The quantitative estimate of drug-likeness (QED) is 0.576. The molecule has 0 atom stereocenters. The Morgan fingerprint density at radius 1 is 1.08 bits per heavy atom. The molecular formula is C22H22O3. The molecule has 1 heterocycles. The van der Waals surface area contributed by atoms with Crippen LogP contribution in [0.15, 0.2) is 54.1 Å². The lowest BCUT2D eigenvalue weighted by Crippen LogP contribution is -1.97. The number of ether oxygens (including phenoxy) is 2. The summed E-state index contributed by atoms with van der Waals surface area (Å²) >= 11 is 0. The van der Waals surface area contributed by atoms with Gasteiger partial charge in [0, 0.05) is 5.56 Å². The van der Waals surface area contributed by atoms with Crippen LogP contribution in [0.3, 0.4) is 0 Å². The van der Waals surface area contributed by atoms with E-state index in [2.05, 4.69) is 26.0 Å². The predicted octanol–water partition coefficient (Wildman–Crippen LogP) is 5.11. The summed E-state index contributed by atoms with van der Waals surface area (Å²) in [6, 6.07) is 14.0. The van der Waals surface area contributed by atoms with E-state index in [1.165, 1.54) is 5.56 Å². The Labute approximate surface area is 148 Å². The summed E-state index contributed by atoms with van der Waals surface area (Å²) in [6.07, 6.45) is 3.61. The number of rotatable bonds is 4. The second kappa shape index (κ2) is 6.98. The number of hydrogen-bond donors (Lipinski definition) is 0. The standard InChI is InChI=1S/C22H22O3/c1-14(2)17-7-9-18(10-8-17)21-13-19(22(23)25-21)11-16-6-5-15(3)20(12-16)24-4/h5-14H,1-4H3. The van der Waals surface area contributed by atoms with Crippen molar-refractivity contribution in [3.8, 4) is 5.75 Å². The van der Waals surface area contributed by atoms with Gasteiger partial charge in [0.05, 0.1) is 12.7 Å². The Kier molecular flexibility index (Phi) is 4.75. The molecule has 0 saturated carbocycles. The average molecular weight is 334 g/mol. The molecule has 0 aromatic heterocycles. The molecule has 3 nitrogen and oxygen atoms in total. The van der Waals surface area contributed by atoms with Crippen LogP contribution in [0.5, 0.6) is 5.75 Å². The van der Waals surface area contributed by atoms with E-state index in [4.69, 9.17) is 9.47 Å². The number of methoxy groups -OCH3 is 1. The number of carbonyl (C=O) groups excluding carboxylic acids is 1. The monoisotopic (exact) mass is 334 g/mol. The third-order valence-corrected chi connectivity index (χ3v) is 4.34. The zero-order valence-electron chi connectivity index (χ0n) is 15.0. The molecule has 0 unspecified atom stereocenters. The summed E-state index contributed by atoms with van der Waals surface area (Å²) in [5.74, 6) is 1.53. The SMILES string of the molecule is COc1cc(C=C2C=C(c3ccc(C(C)C)cc3)OC2=O)ccc1C. The van der Waals surface area contributed by atoms with Crippen LogP contribution in [-0.2, 0) is 9.53 Å². The van der Waals surface area contributed by atoms with E-state index in [-0.39, 0.29) is 5.97 Å². The van der Waals surface area contributed by atoms with Gasteiger partial charge in [-0.15, -0.1) is 0 Å². The van der Waals surface area contributed by atoms with Crippen molar-refractivity contribution in [1.29, 1.82) is 0 Å². The maximum Gasteiger partial charge on any atom is 0.343 e. The molecule has 0 spiro atoms. The fraction of sp³-hybridized carbons (Fsp3) is 0.227. The minimum absolute atomic E-state index is 0.331. The molecule has 3 rings (SSSR count). The van der Waals surface area contributed by atoms with E-state index in [1.807, 2.05) is 43.3 Å². The van der Waals surface area contributed by atoms with Gasteiger partial charge in [0.2, 0.25) is 0 Å².